The van der Waals surface area contributed by atoms with Crippen LogP contribution in [0.3, 0.4) is 0 Å². The molecule has 0 saturated carbocycles. The van der Waals surface area contributed by atoms with Crippen molar-refractivity contribution in [1.82, 2.24) is 15.1 Å². The summed E-state index contributed by atoms with van der Waals surface area (Å²) in [5.41, 5.74) is 5.23. The fourth-order valence-corrected chi connectivity index (χ4v) is 4.33. The van der Waals surface area contributed by atoms with Crippen molar-refractivity contribution in [3.05, 3.63) is 107 Å². The van der Waals surface area contributed by atoms with E-state index in [4.69, 9.17) is 4.42 Å². The van der Waals surface area contributed by atoms with E-state index in [1.54, 1.807) is 18.0 Å². The highest BCUT2D eigenvalue weighted by Gasteiger charge is 2.15. The number of rotatable bonds is 8. The second kappa shape index (κ2) is 9.71. The molecule has 2 aromatic heterocycles. The van der Waals surface area contributed by atoms with Gasteiger partial charge in [-0.05, 0) is 49.2 Å². The molecular weight excluding hydrogens is 406 g/mol. The molecule has 2 aromatic carbocycles. The van der Waals surface area contributed by atoms with Crippen LogP contribution in [0.25, 0.3) is 0 Å². The van der Waals surface area contributed by atoms with Gasteiger partial charge in [0.2, 0.25) is 0 Å². The number of nitrogens with one attached hydrogen (secondary N) is 1. The molecule has 4 aromatic rings. The number of carbonyl (C=O) groups is 1. The van der Waals surface area contributed by atoms with Crippen molar-refractivity contribution in [2.45, 2.75) is 37.6 Å². The topological polar surface area (TPSA) is 60.1 Å². The van der Waals surface area contributed by atoms with Crippen LogP contribution in [0.15, 0.2) is 82.3 Å². The molecule has 158 valence electrons. The van der Waals surface area contributed by atoms with Crippen LogP contribution < -0.4 is 5.32 Å². The highest BCUT2D eigenvalue weighted by Crippen LogP contribution is 2.25. The first-order chi connectivity index (χ1) is 15.1. The van der Waals surface area contributed by atoms with Crippen molar-refractivity contribution < 1.29 is 9.21 Å². The quantitative estimate of drug-likeness (QED) is 0.381. The summed E-state index contributed by atoms with van der Waals surface area (Å²) in [6.45, 7) is 5.20. The molecular formula is C25H25N3O2S. The number of aromatic nitrogens is 2. The summed E-state index contributed by atoms with van der Waals surface area (Å²) in [6.07, 6.45) is 1.57. The number of nitrogens with zero attached hydrogens (tertiary/aromatic N) is 2. The summed E-state index contributed by atoms with van der Waals surface area (Å²) >= 11 is 1.68. The third-order valence-corrected chi connectivity index (χ3v) is 6.03. The third kappa shape index (κ3) is 5.47. The van der Waals surface area contributed by atoms with E-state index in [9.17, 15) is 4.79 Å². The number of thioether (sulfide) groups is 1. The lowest BCUT2D eigenvalue weighted by Crippen LogP contribution is -2.23. The second-order valence-corrected chi connectivity index (χ2v) is 8.51. The largest absolute Gasteiger partial charge is 0.459 e. The molecule has 0 atom stereocenters. The van der Waals surface area contributed by atoms with Crippen molar-refractivity contribution in [1.29, 1.82) is 0 Å². The lowest BCUT2D eigenvalue weighted by Gasteiger charge is -2.09. The molecule has 1 N–H and O–H groups in total. The smallest absolute Gasteiger partial charge is 0.287 e. The zero-order chi connectivity index (χ0) is 21.6. The molecule has 31 heavy (non-hydrogen) atoms. The summed E-state index contributed by atoms with van der Waals surface area (Å²) in [7, 11) is 0. The van der Waals surface area contributed by atoms with E-state index >= 15 is 0 Å². The van der Waals surface area contributed by atoms with Crippen molar-refractivity contribution in [2.75, 3.05) is 0 Å². The Bertz CT molecular complexity index is 1160. The molecule has 5 nitrogen and oxygen atoms in total. The Hall–Kier alpha value is -3.25. The summed E-state index contributed by atoms with van der Waals surface area (Å²) < 4.78 is 7.48. The van der Waals surface area contributed by atoms with Gasteiger partial charge in [-0.15, -0.1) is 11.8 Å². The van der Waals surface area contributed by atoms with Crippen molar-refractivity contribution in [3.8, 4) is 0 Å². The molecule has 0 fully saturated rings. The minimum Gasteiger partial charge on any atom is -0.459 e. The van der Waals surface area contributed by atoms with Gasteiger partial charge in [-0.3, -0.25) is 9.48 Å². The molecule has 6 heteroatoms. The van der Waals surface area contributed by atoms with Crippen molar-refractivity contribution in [2.24, 2.45) is 0 Å². The van der Waals surface area contributed by atoms with E-state index < -0.39 is 0 Å². The summed E-state index contributed by atoms with van der Waals surface area (Å²) in [6, 6.07) is 22.3. The summed E-state index contributed by atoms with van der Waals surface area (Å²) in [5, 5.41) is 7.51. The van der Waals surface area contributed by atoms with Crippen LogP contribution in [0, 0.1) is 13.8 Å². The second-order valence-electron chi connectivity index (χ2n) is 7.46. The van der Waals surface area contributed by atoms with Crippen LogP contribution in [0.2, 0.25) is 0 Å². The van der Waals surface area contributed by atoms with Crippen LogP contribution in [0.4, 0.5) is 0 Å². The Morgan fingerprint density at radius 1 is 1.03 bits per heavy atom. The van der Waals surface area contributed by atoms with Gasteiger partial charge in [0.15, 0.2) is 5.76 Å². The molecule has 0 unspecified atom stereocenters. The Morgan fingerprint density at radius 2 is 1.84 bits per heavy atom. The molecule has 4 rings (SSSR count). The molecule has 1 amide bonds. The average Bonchev–Trinajstić information content (AvgIpc) is 3.37. The third-order valence-electron chi connectivity index (χ3n) is 4.97. The van der Waals surface area contributed by atoms with Crippen LogP contribution in [0.1, 0.15) is 38.6 Å². The van der Waals surface area contributed by atoms with Gasteiger partial charge in [0.05, 0.1) is 18.5 Å². The van der Waals surface area contributed by atoms with Gasteiger partial charge < -0.3 is 9.73 Å². The Morgan fingerprint density at radius 3 is 2.61 bits per heavy atom. The molecule has 0 spiro atoms. The number of amides is 1. The van der Waals surface area contributed by atoms with E-state index in [1.165, 1.54) is 0 Å². The molecule has 0 bridgehead atoms. The number of benzene rings is 2. The summed E-state index contributed by atoms with van der Waals surface area (Å²) in [5.74, 6) is 0.862. The normalized spacial score (nSPS) is 10.9. The lowest BCUT2D eigenvalue weighted by atomic mass is 10.1. The van der Waals surface area contributed by atoms with E-state index in [2.05, 4.69) is 47.7 Å². The zero-order valence-corrected chi connectivity index (χ0v) is 18.5. The van der Waals surface area contributed by atoms with Crippen molar-refractivity contribution >= 4 is 17.7 Å². The van der Waals surface area contributed by atoms with Gasteiger partial charge >= 0.3 is 0 Å². The zero-order valence-electron chi connectivity index (χ0n) is 17.7. The van der Waals surface area contributed by atoms with Crippen LogP contribution >= 0.6 is 11.8 Å². The Kier molecular flexibility index (Phi) is 6.57. The predicted octanol–water partition coefficient (Wildman–Crippen LogP) is 5.36. The predicted molar refractivity (Wildman–Crippen MR) is 123 cm³/mol. The average molecular weight is 432 g/mol. The highest BCUT2D eigenvalue weighted by molar-refractivity contribution is 7.98. The van der Waals surface area contributed by atoms with Crippen molar-refractivity contribution in [3.63, 3.8) is 0 Å². The first-order valence-corrected chi connectivity index (χ1v) is 11.2. The first-order valence-electron chi connectivity index (χ1n) is 10.2. The number of furan rings is 1. The van der Waals surface area contributed by atoms with E-state index in [1.807, 2.05) is 48.0 Å². The van der Waals surface area contributed by atoms with Gasteiger partial charge in [0.25, 0.3) is 5.91 Å². The minimum absolute atomic E-state index is 0.197. The fraction of sp³-hybridized carbons (Fsp3) is 0.200. The standard InChI is InChI=1S/C25H25N3O2S/c1-18-13-19(2)28(27-18)16-21-8-6-7-20(14-21)15-26-25(29)24-22(11-12-30-24)17-31-23-9-4-3-5-10-23/h3-14H,15-17H2,1-2H3,(H,26,29). The Labute approximate surface area is 186 Å². The molecule has 0 aliphatic rings. The van der Waals surface area contributed by atoms with Gasteiger partial charge in [-0.1, -0.05) is 42.5 Å². The number of aryl methyl sites for hydroxylation is 2. The van der Waals surface area contributed by atoms with E-state index in [0.29, 0.717) is 24.6 Å². The molecule has 0 aliphatic heterocycles. The van der Waals surface area contributed by atoms with Gasteiger partial charge in [-0.25, -0.2) is 0 Å². The SMILES string of the molecule is Cc1cc(C)n(Cc2cccc(CNC(=O)c3occc3CSc3ccccc3)c2)n1. The van der Waals surface area contributed by atoms with E-state index in [-0.39, 0.29) is 5.91 Å². The molecule has 0 radical (unpaired) electrons. The monoisotopic (exact) mass is 431 g/mol. The van der Waals surface area contributed by atoms with Crippen LogP contribution in [-0.2, 0) is 18.8 Å². The van der Waals surface area contributed by atoms with Crippen LogP contribution in [0.5, 0.6) is 0 Å². The highest BCUT2D eigenvalue weighted by atomic mass is 32.2. The number of hydrogen-bond acceptors (Lipinski definition) is 4. The number of carbonyl (C=O) groups excluding carboxylic acids is 1. The number of hydrogen-bond donors (Lipinski definition) is 1. The molecule has 2 heterocycles. The lowest BCUT2D eigenvalue weighted by molar-refractivity contribution is 0.0922. The molecule has 0 saturated heterocycles. The van der Waals surface area contributed by atoms with Gasteiger partial charge in [0, 0.05) is 28.5 Å². The maximum absolute atomic E-state index is 12.7. The van der Waals surface area contributed by atoms with E-state index in [0.717, 1.165) is 33.0 Å². The first kappa shape index (κ1) is 21.0. The Balaban J connectivity index is 1.36. The minimum atomic E-state index is -0.197. The maximum atomic E-state index is 12.7. The summed E-state index contributed by atoms with van der Waals surface area (Å²) in [4.78, 5) is 13.9. The maximum Gasteiger partial charge on any atom is 0.287 e. The van der Waals surface area contributed by atoms with Gasteiger partial charge in [-0.2, -0.15) is 5.10 Å². The van der Waals surface area contributed by atoms with Crippen LogP contribution in [-0.4, -0.2) is 15.7 Å². The van der Waals surface area contributed by atoms with Gasteiger partial charge in [0.1, 0.15) is 0 Å². The fourth-order valence-electron chi connectivity index (χ4n) is 3.43. The molecule has 0 aliphatic carbocycles.